The van der Waals surface area contributed by atoms with E-state index in [2.05, 4.69) is 26.3 Å². The number of aliphatic hydroxyl groups is 1. The minimum atomic E-state index is -3.38. The Morgan fingerprint density at radius 1 is 1.02 bits per heavy atom. The second-order valence-electron chi connectivity index (χ2n) is 15.4. The van der Waals surface area contributed by atoms with E-state index in [1.807, 2.05) is 0 Å². The van der Waals surface area contributed by atoms with Crippen molar-refractivity contribution < 1.29 is 52.2 Å². The number of nitrogens with zero attached hydrogens (tertiary/aromatic N) is 3. The maximum Gasteiger partial charge on any atom is 0.331 e. The molecule has 4 heterocycles. The van der Waals surface area contributed by atoms with Crippen LogP contribution in [0.25, 0.3) is 10.9 Å². The number of benzene rings is 3. The van der Waals surface area contributed by atoms with Gasteiger partial charge in [-0.1, -0.05) is 30.3 Å². The molecule has 7 rings (SSSR count). The Balaban J connectivity index is 0.958. The molecule has 0 radical (unpaired) electrons. The van der Waals surface area contributed by atoms with Crippen LogP contribution in [0, 0.1) is 0 Å². The number of ether oxygens (including phenoxy) is 1. The highest BCUT2D eigenvalue weighted by Crippen LogP contribution is 2.35. The zero-order chi connectivity index (χ0) is 42.9. The van der Waals surface area contributed by atoms with Gasteiger partial charge in [-0.25, -0.2) is 13.6 Å². The van der Waals surface area contributed by atoms with Gasteiger partial charge < -0.3 is 35.6 Å². The number of rotatable bonds is 12. The molecule has 1 aromatic heterocycles. The van der Waals surface area contributed by atoms with E-state index in [0.29, 0.717) is 33.3 Å². The molecule has 4 aromatic rings. The number of hydrogen-bond donors (Lipinski definition) is 5. The maximum absolute atomic E-state index is 14.7. The van der Waals surface area contributed by atoms with Gasteiger partial charge in [0.05, 0.1) is 30.8 Å². The van der Waals surface area contributed by atoms with Crippen LogP contribution in [0.3, 0.4) is 0 Å². The van der Waals surface area contributed by atoms with Crippen molar-refractivity contribution >= 4 is 63.7 Å². The van der Waals surface area contributed by atoms with Gasteiger partial charge in [-0.2, -0.15) is 0 Å². The number of imide groups is 1. The fourth-order valence-electron chi connectivity index (χ4n) is 7.59. The topological polar surface area (TPSA) is 216 Å². The molecular weight excluding hydrogens is 784 g/mol. The van der Waals surface area contributed by atoms with E-state index >= 15 is 0 Å². The van der Waals surface area contributed by atoms with Crippen LogP contribution < -0.4 is 21.3 Å². The van der Waals surface area contributed by atoms with Crippen LogP contribution >= 0.6 is 0 Å². The second-order valence-corrected chi connectivity index (χ2v) is 15.4. The fourth-order valence-corrected chi connectivity index (χ4v) is 7.59. The molecule has 2 fully saturated rings. The minimum Gasteiger partial charge on any atom is -0.459 e. The summed E-state index contributed by atoms with van der Waals surface area (Å²) in [5.74, 6) is -7.81. The normalized spacial score (nSPS) is 18.5. The number of aliphatic hydroxyl groups excluding tert-OH is 1. The Hall–Kier alpha value is -6.82. The number of carbonyl (C=O) groups is 7. The monoisotopic (exact) mass is 825 g/mol. The van der Waals surface area contributed by atoms with E-state index in [4.69, 9.17) is 4.74 Å². The smallest absolute Gasteiger partial charge is 0.331 e. The van der Waals surface area contributed by atoms with Crippen molar-refractivity contribution in [2.75, 3.05) is 23.7 Å². The van der Waals surface area contributed by atoms with E-state index in [1.54, 1.807) is 56.3 Å². The van der Waals surface area contributed by atoms with E-state index in [-0.39, 0.29) is 48.7 Å². The lowest BCUT2D eigenvalue weighted by Gasteiger charge is -2.29. The van der Waals surface area contributed by atoms with Gasteiger partial charge in [0.25, 0.3) is 17.7 Å². The van der Waals surface area contributed by atoms with E-state index < -0.39 is 85.2 Å². The number of anilines is 2. The van der Waals surface area contributed by atoms with E-state index in [1.165, 1.54) is 35.4 Å². The lowest BCUT2D eigenvalue weighted by Crippen LogP contribution is -2.52. The molecule has 2 unspecified atom stereocenters. The highest BCUT2D eigenvalue weighted by atomic mass is 19.3. The van der Waals surface area contributed by atoms with Crippen molar-refractivity contribution in [1.82, 2.24) is 25.4 Å². The third kappa shape index (κ3) is 8.49. The zero-order valence-electron chi connectivity index (χ0n) is 32.6. The molecule has 2 atom stereocenters. The van der Waals surface area contributed by atoms with Crippen LogP contribution in [-0.2, 0) is 48.5 Å². The highest BCUT2D eigenvalue weighted by Gasteiger charge is 2.50. The summed E-state index contributed by atoms with van der Waals surface area (Å²) < 4.78 is 35.0. The number of pyridine rings is 1. The predicted octanol–water partition coefficient (Wildman–Crippen LogP) is 3.03. The summed E-state index contributed by atoms with van der Waals surface area (Å²) in [6.45, 7) is 0.730. The molecule has 0 saturated carbocycles. The molecule has 18 heteroatoms. The van der Waals surface area contributed by atoms with Gasteiger partial charge in [-0.05, 0) is 62.2 Å². The Bertz CT molecular complexity index is 2440. The summed E-state index contributed by atoms with van der Waals surface area (Å²) in [6, 6.07) is 15.3. The average Bonchev–Trinajstić information content (AvgIpc) is 3.74. The summed E-state index contributed by atoms with van der Waals surface area (Å²) in [7, 11) is 0. The molecule has 3 aliphatic heterocycles. The third-order valence-electron chi connectivity index (χ3n) is 10.7. The van der Waals surface area contributed by atoms with Crippen LogP contribution in [0.4, 0.5) is 20.2 Å². The molecule has 0 spiro atoms. The molecule has 16 nitrogen and oxygen atoms in total. The number of esters is 1. The zero-order valence-corrected chi connectivity index (χ0v) is 32.6. The number of hydrogen-bond acceptors (Lipinski definition) is 11. The molecule has 5 N–H and O–H groups in total. The first-order valence-electron chi connectivity index (χ1n) is 19.1. The number of aromatic nitrogens is 1. The SMILES string of the molecule is CC(C)(Nc1cccc2c1CN(C1CCC(=O)NC1=O)C2=O)C(=O)OCc1ccc(NC(=O)C2CC(F)(F)CN2C(=O)CNC(=O)c2ccnc3ccccc23)c(CO)c1. The van der Waals surface area contributed by atoms with Crippen molar-refractivity contribution in [1.29, 1.82) is 0 Å². The molecule has 6 amide bonds. The Morgan fingerprint density at radius 3 is 2.57 bits per heavy atom. The fraction of sp³-hybridized carbons (Fsp3) is 0.333. The number of amides is 6. The first-order valence-corrected chi connectivity index (χ1v) is 19.1. The first-order chi connectivity index (χ1) is 28.5. The van der Waals surface area contributed by atoms with Crippen LogP contribution in [0.15, 0.2) is 72.9 Å². The number of fused-ring (bicyclic) bond motifs is 2. The Morgan fingerprint density at radius 2 is 1.80 bits per heavy atom. The number of likely N-dealkylation sites (tertiary alicyclic amines) is 1. The van der Waals surface area contributed by atoms with E-state index in [9.17, 15) is 47.4 Å². The summed E-state index contributed by atoms with van der Waals surface area (Å²) >= 11 is 0. The van der Waals surface area contributed by atoms with Crippen LogP contribution in [0.5, 0.6) is 0 Å². The summed E-state index contributed by atoms with van der Waals surface area (Å²) in [6.07, 6.45) is 0.783. The van der Waals surface area contributed by atoms with Gasteiger partial charge in [0.1, 0.15) is 24.2 Å². The van der Waals surface area contributed by atoms with Gasteiger partial charge >= 0.3 is 5.97 Å². The summed E-state index contributed by atoms with van der Waals surface area (Å²) in [5.41, 5.74) is 1.56. The Kier molecular flexibility index (Phi) is 11.3. The third-order valence-corrected chi connectivity index (χ3v) is 10.7. The molecule has 0 bridgehead atoms. The van der Waals surface area contributed by atoms with Crippen molar-refractivity contribution in [2.45, 2.75) is 76.4 Å². The van der Waals surface area contributed by atoms with Crippen molar-refractivity contribution in [3.63, 3.8) is 0 Å². The van der Waals surface area contributed by atoms with Crippen molar-refractivity contribution in [3.8, 4) is 0 Å². The average molecular weight is 826 g/mol. The number of halogens is 2. The molecule has 60 heavy (non-hydrogen) atoms. The number of para-hydroxylation sites is 1. The van der Waals surface area contributed by atoms with Gasteiger partial charge in [0.2, 0.25) is 23.6 Å². The van der Waals surface area contributed by atoms with Gasteiger partial charge in [-0.3, -0.25) is 39.1 Å². The van der Waals surface area contributed by atoms with Crippen LogP contribution in [0.1, 0.15) is 70.5 Å². The molecule has 0 aliphatic carbocycles. The largest absolute Gasteiger partial charge is 0.459 e. The van der Waals surface area contributed by atoms with Crippen LogP contribution in [0.2, 0.25) is 0 Å². The quantitative estimate of drug-likeness (QED) is 0.103. The standard InChI is InChI=1S/C42H41F2N7O9/c1-41(2,49-31-9-5-7-27-28(31)19-50(39(27)58)32-12-13-34(53)48-37(32)56)40(59)60-21-23-10-11-29(24(16-23)20-52)47-38(57)33-17-42(43,44)22-51(33)35(54)18-46-36(55)26-14-15-45-30-8-4-3-6-25(26)30/h3-11,14-16,32-33,49,52H,12-13,17-22H2,1-2H3,(H,46,55)(H,47,57)(H,48,53,56). The number of alkyl halides is 2. The van der Waals surface area contributed by atoms with Gasteiger partial charge in [0, 0.05) is 59.0 Å². The van der Waals surface area contributed by atoms with Gasteiger partial charge in [-0.15, -0.1) is 0 Å². The Labute approximate surface area is 341 Å². The maximum atomic E-state index is 14.7. The second kappa shape index (κ2) is 16.4. The van der Waals surface area contributed by atoms with Crippen molar-refractivity contribution in [3.05, 3.63) is 101 Å². The van der Waals surface area contributed by atoms with Gasteiger partial charge in [0.15, 0.2) is 0 Å². The molecule has 3 aliphatic rings. The number of piperidine rings is 1. The first kappa shape index (κ1) is 41.3. The summed E-state index contributed by atoms with van der Waals surface area (Å²) in [5, 5.41) is 21.1. The lowest BCUT2D eigenvalue weighted by atomic mass is 10.0. The molecule has 312 valence electrons. The predicted molar refractivity (Wildman–Crippen MR) is 210 cm³/mol. The lowest BCUT2D eigenvalue weighted by molar-refractivity contribution is -0.149. The molecular formula is C42H41F2N7O9. The number of carbonyl (C=O) groups excluding carboxylic acids is 7. The summed E-state index contributed by atoms with van der Waals surface area (Å²) in [4.78, 5) is 96.7. The number of nitrogens with one attached hydrogen (secondary N) is 4. The molecule has 2 saturated heterocycles. The van der Waals surface area contributed by atoms with E-state index in [0.717, 1.165) is 4.90 Å². The molecule has 3 aromatic carbocycles. The minimum absolute atomic E-state index is 0.0823. The van der Waals surface area contributed by atoms with Crippen molar-refractivity contribution in [2.24, 2.45) is 0 Å². The highest BCUT2D eigenvalue weighted by molar-refractivity contribution is 6.08. The van der Waals surface area contributed by atoms with Crippen LogP contribution in [-0.4, -0.2) is 97.9 Å².